The highest BCUT2D eigenvalue weighted by Crippen LogP contribution is 2.26. The van der Waals surface area contributed by atoms with Gasteiger partial charge in [0, 0.05) is 6.07 Å². The summed E-state index contributed by atoms with van der Waals surface area (Å²) < 4.78 is 36.8. The van der Waals surface area contributed by atoms with Gasteiger partial charge in [-0.3, -0.25) is 9.10 Å². The van der Waals surface area contributed by atoms with Gasteiger partial charge in [-0.05, 0) is 36.6 Å². The molecule has 0 aliphatic carbocycles. The number of anilines is 1. The van der Waals surface area contributed by atoms with Crippen LogP contribution in [0.15, 0.2) is 48.5 Å². The first kappa shape index (κ1) is 23.5. The lowest BCUT2D eigenvalue weighted by Crippen LogP contribution is -2.48. The lowest BCUT2D eigenvalue weighted by Gasteiger charge is -2.28. The van der Waals surface area contributed by atoms with Crippen molar-refractivity contribution in [1.29, 1.82) is 0 Å². The molecule has 0 aliphatic rings. The van der Waals surface area contributed by atoms with E-state index in [9.17, 15) is 13.2 Å². The zero-order chi connectivity index (χ0) is 22.3. The van der Waals surface area contributed by atoms with E-state index in [4.69, 9.17) is 9.47 Å². The predicted molar refractivity (Wildman–Crippen MR) is 119 cm³/mol. The molecule has 1 amide bonds. The molecule has 7 nitrogen and oxygen atoms in total. The van der Waals surface area contributed by atoms with E-state index in [-0.39, 0.29) is 13.2 Å². The average Bonchev–Trinajstić information content (AvgIpc) is 2.70. The van der Waals surface area contributed by atoms with Gasteiger partial charge in [0.2, 0.25) is 15.9 Å². The van der Waals surface area contributed by atoms with Crippen molar-refractivity contribution in [3.63, 3.8) is 0 Å². The van der Waals surface area contributed by atoms with E-state index >= 15 is 0 Å². The second-order valence-corrected chi connectivity index (χ2v) is 9.13. The summed E-state index contributed by atoms with van der Waals surface area (Å²) in [5.74, 6) is 1.20. The molecule has 1 unspecified atom stereocenters. The van der Waals surface area contributed by atoms with Gasteiger partial charge >= 0.3 is 0 Å². The minimum Gasteiger partial charge on any atom is -0.497 e. The van der Waals surface area contributed by atoms with Crippen LogP contribution in [0, 0.1) is 0 Å². The summed E-state index contributed by atoms with van der Waals surface area (Å²) in [6, 6.07) is 13.4. The molecule has 2 aromatic rings. The van der Waals surface area contributed by atoms with Crippen LogP contribution in [-0.4, -0.2) is 46.9 Å². The number of benzene rings is 2. The molecular formula is C22H30N2O5S. The maximum atomic E-state index is 12.6. The van der Waals surface area contributed by atoms with Gasteiger partial charge < -0.3 is 14.8 Å². The number of ether oxygens (including phenoxy) is 2. The number of nitrogens with zero attached hydrogens (tertiary/aromatic N) is 1. The highest BCUT2D eigenvalue weighted by molar-refractivity contribution is 7.92. The van der Waals surface area contributed by atoms with Crippen molar-refractivity contribution in [3.05, 3.63) is 54.1 Å². The van der Waals surface area contributed by atoms with Crippen molar-refractivity contribution < 1.29 is 22.7 Å². The number of methoxy groups -OCH3 is 1. The highest BCUT2D eigenvalue weighted by atomic mass is 32.2. The minimum atomic E-state index is -3.69. The van der Waals surface area contributed by atoms with Crippen LogP contribution >= 0.6 is 0 Å². The fourth-order valence-electron chi connectivity index (χ4n) is 3.13. The van der Waals surface area contributed by atoms with E-state index in [2.05, 4.69) is 19.2 Å². The van der Waals surface area contributed by atoms with Crippen LogP contribution in [0.5, 0.6) is 11.5 Å². The molecule has 0 saturated heterocycles. The monoisotopic (exact) mass is 434 g/mol. The van der Waals surface area contributed by atoms with Gasteiger partial charge in [0.15, 0.2) is 0 Å². The highest BCUT2D eigenvalue weighted by Gasteiger charge is 2.29. The molecule has 1 N–H and O–H groups in total. The van der Waals surface area contributed by atoms with E-state index in [0.29, 0.717) is 17.4 Å². The van der Waals surface area contributed by atoms with Crippen molar-refractivity contribution in [2.75, 3.05) is 30.8 Å². The molecule has 0 heterocycles. The van der Waals surface area contributed by atoms with Crippen molar-refractivity contribution in [2.45, 2.75) is 32.7 Å². The molecule has 2 aromatic carbocycles. The molecule has 0 aromatic heterocycles. The Morgan fingerprint density at radius 3 is 2.43 bits per heavy atom. The Hall–Kier alpha value is -2.74. The van der Waals surface area contributed by atoms with Crippen LogP contribution in [0.2, 0.25) is 0 Å². The first-order valence-corrected chi connectivity index (χ1v) is 11.6. The number of carbonyl (C=O) groups is 1. The quantitative estimate of drug-likeness (QED) is 0.581. The molecule has 1 atom stereocenters. The van der Waals surface area contributed by atoms with Gasteiger partial charge in [0.25, 0.3) is 0 Å². The van der Waals surface area contributed by atoms with E-state index < -0.39 is 22.0 Å². The van der Waals surface area contributed by atoms with Gasteiger partial charge in [-0.25, -0.2) is 8.42 Å². The van der Waals surface area contributed by atoms with Gasteiger partial charge in [-0.1, -0.05) is 38.1 Å². The molecule has 0 spiro atoms. The van der Waals surface area contributed by atoms with Crippen molar-refractivity contribution in [3.8, 4) is 11.5 Å². The van der Waals surface area contributed by atoms with Crippen LogP contribution in [0.4, 0.5) is 5.69 Å². The maximum absolute atomic E-state index is 12.6. The Bertz CT molecular complexity index is 960. The lowest BCUT2D eigenvalue weighted by atomic mass is 10.0. The summed E-state index contributed by atoms with van der Waals surface area (Å²) in [6.07, 6.45) is 1.07. The molecule has 0 bridgehead atoms. The third-order valence-electron chi connectivity index (χ3n) is 4.60. The summed E-state index contributed by atoms with van der Waals surface area (Å²) in [6.45, 7) is 6.25. The van der Waals surface area contributed by atoms with Crippen LogP contribution in [-0.2, 0) is 14.8 Å². The standard InChI is InChI=1S/C22H30N2O5S/c1-16(2)20-11-6-7-12-21(20)29-14-13-23-22(25)17(3)24(30(5,26)27)18-9-8-10-19(15-18)28-4/h6-12,15-17H,13-14H2,1-5H3,(H,23,25). The topological polar surface area (TPSA) is 84.9 Å². The summed E-state index contributed by atoms with van der Waals surface area (Å²) in [5, 5.41) is 2.75. The van der Waals surface area contributed by atoms with Gasteiger partial charge in [0.05, 0.1) is 25.6 Å². The van der Waals surface area contributed by atoms with Crippen molar-refractivity contribution in [2.24, 2.45) is 0 Å². The number of rotatable bonds is 10. The first-order valence-electron chi connectivity index (χ1n) is 9.78. The minimum absolute atomic E-state index is 0.255. The van der Waals surface area contributed by atoms with Crippen molar-refractivity contribution in [1.82, 2.24) is 5.32 Å². The van der Waals surface area contributed by atoms with Gasteiger partial charge in [-0.15, -0.1) is 0 Å². The third kappa shape index (κ3) is 6.13. The van der Waals surface area contributed by atoms with E-state index in [0.717, 1.165) is 21.9 Å². The van der Waals surface area contributed by atoms with E-state index in [1.165, 1.54) is 7.11 Å². The second kappa shape index (κ2) is 10.3. The number of hydrogen-bond donors (Lipinski definition) is 1. The van der Waals surface area contributed by atoms with E-state index in [1.807, 2.05) is 24.3 Å². The number of carbonyl (C=O) groups excluding carboxylic acids is 1. The number of nitrogens with one attached hydrogen (secondary N) is 1. The molecule has 2 rings (SSSR count). The number of para-hydroxylation sites is 1. The largest absolute Gasteiger partial charge is 0.497 e. The Balaban J connectivity index is 2.02. The zero-order valence-electron chi connectivity index (χ0n) is 18.1. The Morgan fingerprint density at radius 2 is 1.80 bits per heavy atom. The lowest BCUT2D eigenvalue weighted by molar-refractivity contribution is -0.121. The second-order valence-electron chi connectivity index (χ2n) is 7.27. The van der Waals surface area contributed by atoms with Crippen LogP contribution in [0.1, 0.15) is 32.3 Å². The summed E-state index contributed by atoms with van der Waals surface area (Å²) in [7, 11) is -2.19. The molecule has 0 saturated carbocycles. The SMILES string of the molecule is COc1cccc(N(C(C)C(=O)NCCOc2ccccc2C(C)C)S(C)(=O)=O)c1. The predicted octanol–water partition coefficient (Wildman–Crippen LogP) is 3.17. The van der Waals surface area contributed by atoms with Crippen molar-refractivity contribution >= 4 is 21.6 Å². The van der Waals surface area contributed by atoms with Crippen LogP contribution in [0.25, 0.3) is 0 Å². The number of sulfonamides is 1. The summed E-state index contributed by atoms with van der Waals surface area (Å²) in [5.41, 5.74) is 1.46. The molecule has 0 fully saturated rings. The van der Waals surface area contributed by atoms with E-state index in [1.54, 1.807) is 31.2 Å². The molecule has 0 radical (unpaired) electrons. The molecule has 0 aliphatic heterocycles. The maximum Gasteiger partial charge on any atom is 0.243 e. The summed E-state index contributed by atoms with van der Waals surface area (Å²) in [4.78, 5) is 12.6. The Morgan fingerprint density at radius 1 is 1.10 bits per heavy atom. The molecular weight excluding hydrogens is 404 g/mol. The zero-order valence-corrected chi connectivity index (χ0v) is 18.9. The first-order chi connectivity index (χ1) is 14.1. The Labute approximate surface area is 179 Å². The van der Waals surface area contributed by atoms with Gasteiger partial charge in [0.1, 0.15) is 24.1 Å². The normalized spacial score (nSPS) is 12.3. The third-order valence-corrected chi connectivity index (χ3v) is 5.84. The molecule has 164 valence electrons. The van der Waals surface area contributed by atoms with Crippen LogP contribution in [0.3, 0.4) is 0 Å². The molecule has 30 heavy (non-hydrogen) atoms. The number of amides is 1. The number of hydrogen-bond acceptors (Lipinski definition) is 5. The van der Waals surface area contributed by atoms with Crippen LogP contribution < -0.4 is 19.1 Å². The fourth-order valence-corrected chi connectivity index (χ4v) is 4.29. The Kier molecular flexibility index (Phi) is 8.11. The van der Waals surface area contributed by atoms with Gasteiger partial charge in [-0.2, -0.15) is 0 Å². The fraction of sp³-hybridized carbons (Fsp3) is 0.409. The smallest absolute Gasteiger partial charge is 0.243 e. The molecule has 8 heteroatoms. The average molecular weight is 435 g/mol. The summed E-state index contributed by atoms with van der Waals surface area (Å²) >= 11 is 0.